The molecule has 2 aromatic rings. The zero-order chi connectivity index (χ0) is 16.3. The second kappa shape index (κ2) is 6.40. The van der Waals surface area contributed by atoms with E-state index in [9.17, 15) is 14.4 Å². The molecule has 1 aromatic carbocycles. The highest BCUT2D eigenvalue weighted by atomic mass is 35.5. The van der Waals surface area contributed by atoms with Gasteiger partial charge >= 0.3 is 11.9 Å². The Kier molecular flexibility index (Phi) is 4.57. The second-order valence-electron chi connectivity index (χ2n) is 4.46. The van der Waals surface area contributed by atoms with Crippen LogP contribution in [0.15, 0.2) is 41.3 Å². The third-order valence-electron chi connectivity index (χ3n) is 2.99. The van der Waals surface area contributed by atoms with Crippen molar-refractivity contribution in [2.24, 2.45) is 0 Å². The third-order valence-corrected chi connectivity index (χ3v) is 3.29. The van der Waals surface area contributed by atoms with Gasteiger partial charge in [0.15, 0.2) is 5.92 Å². The molecule has 7 nitrogen and oxygen atoms in total. The molecule has 0 aliphatic carbocycles. The maximum Gasteiger partial charge on any atom is 0.322 e. The van der Waals surface area contributed by atoms with Crippen LogP contribution in [0.3, 0.4) is 0 Å². The molecule has 0 bridgehead atoms. The number of carboxylic acid groups (broad SMARTS) is 2. The number of carboxylic acids is 2. The van der Waals surface area contributed by atoms with E-state index < -0.39 is 29.0 Å². The highest BCUT2D eigenvalue weighted by molar-refractivity contribution is 6.31. The van der Waals surface area contributed by atoms with Crippen LogP contribution in [0.25, 0.3) is 0 Å². The number of halogens is 1. The van der Waals surface area contributed by atoms with E-state index in [2.05, 4.69) is 5.10 Å². The molecule has 8 heteroatoms. The summed E-state index contributed by atoms with van der Waals surface area (Å²) in [6.07, 6.45) is 1.07. The SMILES string of the molecule is O=C(O)C(C(=O)O)c1c(Cl)cnn(Cc2ccccc2)c1=O. The lowest BCUT2D eigenvalue weighted by molar-refractivity contribution is -0.150. The van der Waals surface area contributed by atoms with Gasteiger partial charge < -0.3 is 10.2 Å². The molecular weight excluding hydrogens is 312 g/mol. The molecule has 22 heavy (non-hydrogen) atoms. The van der Waals surface area contributed by atoms with Crippen molar-refractivity contribution < 1.29 is 19.8 Å². The van der Waals surface area contributed by atoms with Gasteiger partial charge in [0.05, 0.1) is 23.3 Å². The summed E-state index contributed by atoms with van der Waals surface area (Å²) in [7, 11) is 0. The lowest BCUT2D eigenvalue weighted by atomic mass is 10.0. The number of rotatable bonds is 5. The van der Waals surface area contributed by atoms with Gasteiger partial charge in [-0.05, 0) is 5.56 Å². The first kappa shape index (κ1) is 15.7. The van der Waals surface area contributed by atoms with Crippen molar-refractivity contribution in [1.29, 1.82) is 0 Å². The normalized spacial score (nSPS) is 10.6. The Bertz CT molecular complexity index is 759. The highest BCUT2D eigenvalue weighted by Crippen LogP contribution is 2.21. The van der Waals surface area contributed by atoms with Crippen molar-refractivity contribution in [3.8, 4) is 0 Å². The van der Waals surface area contributed by atoms with Gasteiger partial charge in [-0.2, -0.15) is 5.10 Å². The summed E-state index contributed by atoms with van der Waals surface area (Å²) in [6, 6.07) is 8.86. The molecule has 2 rings (SSSR count). The first-order chi connectivity index (χ1) is 10.4. The van der Waals surface area contributed by atoms with E-state index in [0.29, 0.717) is 0 Å². The van der Waals surface area contributed by atoms with Crippen LogP contribution in [0, 0.1) is 0 Å². The molecule has 114 valence electrons. The second-order valence-corrected chi connectivity index (χ2v) is 4.87. The van der Waals surface area contributed by atoms with Crippen LogP contribution in [0.5, 0.6) is 0 Å². The third kappa shape index (κ3) is 3.15. The van der Waals surface area contributed by atoms with Gasteiger partial charge in [0.1, 0.15) is 0 Å². The molecule has 0 aliphatic heterocycles. The number of benzene rings is 1. The Morgan fingerprint density at radius 1 is 1.18 bits per heavy atom. The Morgan fingerprint density at radius 3 is 2.32 bits per heavy atom. The quantitative estimate of drug-likeness (QED) is 0.800. The monoisotopic (exact) mass is 322 g/mol. The molecule has 0 unspecified atom stereocenters. The zero-order valence-electron chi connectivity index (χ0n) is 11.1. The Hall–Kier alpha value is -2.67. The maximum atomic E-state index is 12.3. The number of hydrogen-bond acceptors (Lipinski definition) is 4. The largest absolute Gasteiger partial charge is 0.480 e. The molecule has 2 N–H and O–H groups in total. The molecule has 0 saturated heterocycles. The topological polar surface area (TPSA) is 109 Å². The van der Waals surface area contributed by atoms with Gasteiger partial charge in [-0.15, -0.1) is 0 Å². The van der Waals surface area contributed by atoms with E-state index in [1.165, 1.54) is 0 Å². The highest BCUT2D eigenvalue weighted by Gasteiger charge is 2.33. The Balaban J connectivity index is 2.52. The van der Waals surface area contributed by atoms with Crippen molar-refractivity contribution in [1.82, 2.24) is 9.78 Å². The van der Waals surface area contributed by atoms with E-state index >= 15 is 0 Å². The number of hydrogen-bond donors (Lipinski definition) is 2. The van der Waals surface area contributed by atoms with Crippen LogP contribution in [-0.4, -0.2) is 31.9 Å². The lowest BCUT2D eigenvalue weighted by Crippen LogP contribution is -2.33. The van der Waals surface area contributed by atoms with Crippen LogP contribution in [0.1, 0.15) is 17.0 Å². The minimum absolute atomic E-state index is 0.0792. The summed E-state index contributed by atoms with van der Waals surface area (Å²) < 4.78 is 0.982. The smallest absolute Gasteiger partial charge is 0.322 e. The first-order valence-corrected chi connectivity index (χ1v) is 6.54. The lowest BCUT2D eigenvalue weighted by Gasteiger charge is -2.12. The van der Waals surface area contributed by atoms with Crippen molar-refractivity contribution in [3.05, 3.63) is 63.0 Å². The summed E-state index contributed by atoms with van der Waals surface area (Å²) in [6.45, 7) is 0.0792. The number of aromatic nitrogens is 2. The predicted octanol–water partition coefficient (Wildman–Crippen LogP) is 1.20. The standard InChI is InChI=1S/C14H11ClN2O5/c15-9-6-16-17(7-8-4-2-1-3-5-8)12(18)10(9)11(13(19)20)14(21)22/h1-6,11H,7H2,(H,19,20)(H,21,22). The summed E-state index contributed by atoms with van der Waals surface area (Å²) in [4.78, 5) is 34.5. The minimum atomic E-state index is -2.04. The van der Waals surface area contributed by atoms with Crippen LogP contribution < -0.4 is 5.56 Å². The maximum absolute atomic E-state index is 12.3. The molecule has 0 radical (unpaired) electrons. The van der Waals surface area contributed by atoms with Gasteiger partial charge in [0.2, 0.25) is 0 Å². The van der Waals surface area contributed by atoms with Crippen LogP contribution in [0.4, 0.5) is 0 Å². The summed E-state index contributed by atoms with van der Waals surface area (Å²) >= 11 is 5.78. The average molecular weight is 323 g/mol. The zero-order valence-corrected chi connectivity index (χ0v) is 11.9. The molecule has 0 spiro atoms. The molecule has 0 amide bonds. The summed E-state index contributed by atoms with van der Waals surface area (Å²) in [5.74, 6) is -5.36. The van der Waals surface area contributed by atoms with E-state index in [4.69, 9.17) is 21.8 Å². The summed E-state index contributed by atoms with van der Waals surface area (Å²) in [5, 5.41) is 21.6. The van der Waals surface area contributed by atoms with Crippen molar-refractivity contribution >= 4 is 23.5 Å². The number of aliphatic carboxylic acids is 2. The fourth-order valence-corrected chi connectivity index (χ4v) is 2.20. The number of carbonyl (C=O) groups is 2. The van der Waals surface area contributed by atoms with Crippen LogP contribution in [0.2, 0.25) is 5.02 Å². The fourth-order valence-electron chi connectivity index (χ4n) is 1.97. The van der Waals surface area contributed by atoms with E-state index in [1.54, 1.807) is 30.3 Å². The molecule has 0 fully saturated rings. The first-order valence-electron chi connectivity index (χ1n) is 6.17. The minimum Gasteiger partial charge on any atom is -0.480 e. The van der Waals surface area contributed by atoms with Crippen LogP contribution in [-0.2, 0) is 16.1 Å². The van der Waals surface area contributed by atoms with Gasteiger partial charge in [0, 0.05) is 0 Å². The summed E-state index contributed by atoms with van der Waals surface area (Å²) in [5.41, 5.74) is -0.591. The molecule has 0 aliphatic rings. The molecule has 0 atom stereocenters. The molecule has 1 aromatic heterocycles. The van der Waals surface area contributed by atoms with Gasteiger partial charge in [-0.1, -0.05) is 41.9 Å². The van der Waals surface area contributed by atoms with Gasteiger partial charge in [0.25, 0.3) is 5.56 Å². The molecule has 1 heterocycles. The molecule has 0 saturated carbocycles. The van der Waals surface area contributed by atoms with Crippen molar-refractivity contribution in [3.63, 3.8) is 0 Å². The Labute approximate surface area is 129 Å². The fraction of sp³-hybridized carbons (Fsp3) is 0.143. The van der Waals surface area contributed by atoms with E-state index in [1.807, 2.05) is 0 Å². The van der Waals surface area contributed by atoms with E-state index in [0.717, 1.165) is 16.4 Å². The van der Waals surface area contributed by atoms with E-state index in [-0.39, 0.29) is 11.6 Å². The van der Waals surface area contributed by atoms with Gasteiger partial charge in [-0.25, -0.2) is 4.68 Å². The van der Waals surface area contributed by atoms with Crippen molar-refractivity contribution in [2.75, 3.05) is 0 Å². The van der Waals surface area contributed by atoms with Crippen molar-refractivity contribution in [2.45, 2.75) is 12.5 Å². The van der Waals surface area contributed by atoms with Crippen LogP contribution >= 0.6 is 11.6 Å². The number of nitrogens with zero attached hydrogens (tertiary/aromatic N) is 2. The predicted molar refractivity (Wildman–Crippen MR) is 77.1 cm³/mol. The molecular formula is C14H11ClN2O5. The average Bonchev–Trinajstić information content (AvgIpc) is 2.46. The van der Waals surface area contributed by atoms with Gasteiger partial charge in [-0.3, -0.25) is 14.4 Å². The Morgan fingerprint density at radius 2 is 1.77 bits per heavy atom.